The molecule has 0 fully saturated rings. The number of amides is 1. The van der Waals surface area contributed by atoms with Gasteiger partial charge in [0.25, 0.3) is 0 Å². The van der Waals surface area contributed by atoms with Crippen LogP contribution in [0.3, 0.4) is 0 Å². The van der Waals surface area contributed by atoms with Gasteiger partial charge < -0.3 is 30.1 Å². The number of aliphatic hydroxyl groups excluding tert-OH is 2. The van der Waals surface area contributed by atoms with Crippen LogP contribution in [-0.4, -0.2) is 64.6 Å². The average Bonchev–Trinajstić information content (AvgIpc) is 2.66. The number of aliphatic carboxylic acids is 1. The molecular weight excluding hydrogens is 382 g/mol. The number of carbonyl (C=O) groups excluding carboxylic acids is 2. The second-order valence-electron chi connectivity index (χ2n) is 6.93. The third-order valence-corrected chi connectivity index (χ3v) is 4.74. The molecule has 0 radical (unpaired) electrons. The fourth-order valence-corrected chi connectivity index (χ4v) is 2.91. The number of hydrogen-bond donors (Lipinski definition) is 4. The van der Waals surface area contributed by atoms with E-state index in [4.69, 9.17) is 9.84 Å². The Morgan fingerprint density at radius 1 is 1.21 bits per heavy atom. The van der Waals surface area contributed by atoms with Crippen molar-refractivity contribution in [3.63, 3.8) is 0 Å². The number of rotatable bonds is 7. The van der Waals surface area contributed by atoms with Gasteiger partial charge in [-0.3, -0.25) is 9.59 Å². The van der Waals surface area contributed by atoms with Crippen molar-refractivity contribution >= 4 is 17.8 Å². The van der Waals surface area contributed by atoms with Crippen molar-refractivity contribution in [2.24, 2.45) is 0 Å². The molecular formula is C20H25NO8. The maximum Gasteiger partial charge on any atom is 0.328 e. The van der Waals surface area contributed by atoms with Crippen molar-refractivity contribution in [2.75, 3.05) is 7.11 Å². The smallest absolute Gasteiger partial charge is 0.328 e. The van der Waals surface area contributed by atoms with Gasteiger partial charge in [-0.1, -0.05) is 6.07 Å². The molecule has 2 rings (SSSR count). The summed E-state index contributed by atoms with van der Waals surface area (Å²) < 4.78 is 10.3. The topological polar surface area (TPSA) is 142 Å². The molecule has 0 aromatic heterocycles. The van der Waals surface area contributed by atoms with E-state index in [0.29, 0.717) is 5.75 Å². The number of carboxylic acid groups (broad SMARTS) is 1. The molecule has 4 atom stereocenters. The van der Waals surface area contributed by atoms with Gasteiger partial charge in [0, 0.05) is 12.0 Å². The molecule has 1 aliphatic carbocycles. The number of ether oxygens (including phenoxy) is 2. The highest BCUT2D eigenvalue weighted by molar-refractivity contribution is 5.97. The SMILES string of the molecule is COC(=O)[C@@H](CC(=O)O)NC(=O)C1=C[C@@H](Oc2ccc(C)c(C)c2)[C@H](O)[C@H](O)C1. The summed E-state index contributed by atoms with van der Waals surface area (Å²) in [5.74, 6) is -2.48. The Balaban J connectivity index is 2.20. The quantitative estimate of drug-likeness (QED) is 0.471. The number of aliphatic hydroxyl groups is 2. The molecule has 1 aromatic carbocycles. The maximum atomic E-state index is 12.5. The number of methoxy groups -OCH3 is 1. The highest BCUT2D eigenvalue weighted by Crippen LogP contribution is 2.25. The fraction of sp³-hybridized carbons (Fsp3) is 0.450. The number of carboxylic acids is 1. The van der Waals surface area contributed by atoms with Gasteiger partial charge in [-0.2, -0.15) is 0 Å². The second kappa shape index (κ2) is 9.53. The molecule has 0 saturated carbocycles. The Morgan fingerprint density at radius 3 is 2.48 bits per heavy atom. The molecule has 1 aliphatic rings. The third kappa shape index (κ3) is 5.78. The van der Waals surface area contributed by atoms with E-state index in [0.717, 1.165) is 18.2 Å². The average molecular weight is 407 g/mol. The van der Waals surface area contributed by atoms with Gasteiger partial charge in [0.2, 0.25) is 5.91 Å². The van der Waals surface area contributed by atoms with Gasteiger partial charge in [-0.25, -0.2) is 4.79 Å². The Bertz CT molecular complexity index is 819. The summed E-state index contributed by atoms with van der Waals surface area (Å²) in [5.41, 5.74) is 2.10. The second-order valence-corrected chi connectivity index (χ2v) is 6.93. The first-order valence-corrected chi connectivity index (χ1v) is 9.03. The van der Waals surface area contributed by atoms with Crippen LogP contribution in [0, 0.1) is 13.8 Å². The van der Waals surface area contributed by atoms with E-state index in [1.807, 2.05) is 19.9 Å². The van der Waals surface area contributed by atoms with Crippen LogP contribution in [0.4, 0.5) is 0 Å². The van der Waals surface area contributed by atoms with Crippen LogP contribution in [0.2, 0.25) is 0 Å². The molecule has 9 heteroatoms. The molecule has 4 N–H and O–H groups in total. The van der Waals surface area contributed by atoms with Crippen molar-refractivity contribution in [2.45, 2.75) is 51.0 Å². The summed E-state index contributed by atoms with van der Waals surface area (Å²) in [6.07, 6.45) is -3.01. The van der Waals surface area contributed by atoms with E-state index in [1.165, 1.54) is 6.08 Å². The Morgan fingerprint density at radius 2 is 1.90 bits per heavy atom. The van der Waals surface area contributed by atoms with Crippen molar-refractivity contribution in [3.8, 4) is 5.75 Å². The van der Waals surface area contributed by atoms with Crippen LogP contribution in [0.1, 0.15) is 24.0 Å². The Kier molecular flexibility index (Phi) is 7.35. The highest BCUT2D eigenvalue weighted by Gasteiger charge is 2.35. The van der Waals surface area contributed by atoms with E-state index in [2.05, 4.69) is 10.1 Å². The van der Waals surface area contributed by atoms with Crippen molar-refractivity contribution in [3.05, 3.63) is 41.0 Å². The molecule has 0 heterocycles. The summed E-state index contributed by atoms with van der Waals surface area (Å²) in [4.78, 5) is 35.2. The first kappa shape index (κ1) is 22.4. The zero-order valence-electron chi connectivity index (χ0n) is 16.4. The molecule has 1 amide bonds. The molecule has 9 nitrogen and oxygen atoms in total. The number of aryl methyl sites for hydroxylation is 2. The van der Waals surface area contributed by atoms with Gasteiger partial charge in [0.05, 0.1) is 19.6 Å². The normalized spacial score (nSPS) is 22.2. The van der Waals surface area contributed by atoms with Gasteiger partial charge in [0.1, 0.15) is 24.0 Å². The lowest BCUT2D eigenvalue weighted by molar-refractivity contribution is -0.149. The molecule has 0 aliphatic heterocycles. The molecule has 0 saturated heterocycles. The van der Waals surface area contributed by atoms with E-state index in [-0.39, 0.29) is 12.0 Å². The van der Waals surface area contributed by atoms with Crippen LogP contribution in [0.15, 0.2) is 29.8 Å². The molecule has 158 valence electrons. The molecule has 0 spiro atoms. The zero-order chi connectivity index (χ0) is 21.7. The summed E-state index contributed by atoms with van der Waals surface area (Å²) in [7, 11) is 1.08. The van der Waals surface area contributed by atoms with Gasteiger partial charge in [0.15, 0.2) is 0 Å². The third-order valence-electron chi connectivity index (χ3n) is 4.74. The van der Waals surface area contributed by atoms with E-state index in [9.17, 15) is 24.6 Å². The fourth-order valence-electron chi connectivity index (χ4n) is 2.91. The minimum absolute atomic E-state index is 0.0657. The minimum atomic E-state index is -1.38. The van der Waals surface area contributed by atoms with Crippen molar-refractivity contribution in [1.29, 1.82) is 0 Å². The maximum absolute atomic E-state index is 12.5. The first-order chi connectivity index (χ1) is 13.6. The number of benzene rings is 1. The molecule has 29 heavy (non-hydrogen) atoms. The lowest BCUT2D eigenvalue weighted by atomic mass is 9.91. The predicted octanol–water partition coefficient (Wildman–Crippen LogP) is 0.235. The number of esters is 1. The number of hydrogen-bond acceptors (Lipinski definition) is 7. The van der Waals surface area contributed by atoms with Gasteiger partial charge >= 0.3 is 11.9 Å². The first-order valence-electron chi connectivity index (χ1n) is 9.03. The lowest BCUT2D eigenvalue weighted by Gasteiger charge is -2.31. The molecule has 0 unspecified atom stereocenters. The Hall–Kier alpha value is -2.91. The molecule has 0 bridgehead atoms. The van der Waals surface area contributed by atoms with E-state index in [1.54, 1.807) is 12.1 Å². The largest absolute Gasteiger partial charge is 0.484 e. The zero-order valence-corrected chi connectivity index (χ0v) is 16.4. The van der Waals surface area contributed by atoms with Crippen LogP contribution in [0.5, 0.6) is 5.75 Å². The highest BCUT2D eigenvalue weighted by atomic mass is 16.5. The van der Waals surface area contributed by atoms with E-state index >= 15 is 0 Å². The van der Waals surface area contributed by atoms with Crippen LogP contribution >= 0.6 is 0 Å². The van der Waals surface area contributed by atoms with Crippen LogP contribution in [0.25, 0.3) is 0 Å². The van der Waals surface area contributed by atoms with Crippen molar-refractivity contribution < 1.29 is 39.2 Å². The summed E-state index contributed by atoms with van der Waals surface area (Å²) in [5, 5.41) is 31.6. The standard InChI is InChI=1S/C20H25NO8/c1-10-4-5-13(6-11(10)2)29-16-8-12(7-15(22)18(16)25)19(26)21-14(9-17(23)24)20(27)28-3/h4-6,8,14-16,18,22,25H,7,9H2,1-3H3,(H,21,26)(H,23,24)/t14-,15-,16-,18-/m1/s1. The number of nitrogens with one attached hydrogen (secondary N) is 1. The lowest BCUT2D eigenvalue weighted by Crippen LogP contribution is -2.48. The Labute approximate surface area is 167 Å². The summed E-state index contributed by atoms with van der Waals surface area (Å²) in [6.45, 7) is 3.84. The monoisotopic (exact) mass is 407 g/mol. The van der Waals surface area contributed by atoms with Crippen molar-refractivity contribution in [1.82, 2.24) is 5.32 Å². The predicted molar refractivity (Wildman–Crippen MR) is 101 cm³/mol. The van der Waals surface area contributed by atoms with Crippen LogP contribution in [-0.2, 0) is 19.1 Å². The van der Waals surface area contributed by atoms with Gasteiger partial charge in [-0.05, 0) is 43.2 Å². The number of carbonyl (C=O) groups is 3. The minimum Gasteiger partial charge on any atom is -0.484 e. The molecule has 1 aromatic rings. The summed E-state index contributed by atoms with van der Waals surface area (Å²) in [6, 6.07) is 3.95. The van der Waals surface area contributed by atoms with E-state index < -0.39 is 48.6 Å². The van der Waals surface area contributed by atoms with Gasteiger partial charge in [-0.15, -0.1) is 0 Å². The van der Waals surface area contributed by atoms with Crippen LogP contribution < -0.4 is 10.1 Å². The summed E-state index contributed by atoms with van der Waals surface area (Å²) >= 11 is 0.